The Balaban J connectivity index is 1.35. The predicted molar refractivity (Wildman–Crippen MR) is 136 cm³/mol. The van der Waals surface area contributed by atoms with Crippen LogP contribution < -0.4 is 5.32 Å². The number of carbonyl (C=O) groups is 2. The summed E-state index contributed by atoms with van der Waals surface area (Å²) in [6.45, 7) is -1.16. The van der Waals surface area contributed by atoms with Gasteiger partial charge < -0.3 is 10.2 Å². The average molecular weight is 592 g/mol. The third kappa shape index (κ3) is 7.09. The van der Waals surface area contributed by atoms with Crippen molar-refractivity contribution in [3.05, 3.63) is 65.2 Å². The van der Waals surface area contributed by atoms with Crippen LogP contribution in [0, 0.1) is 0 Å². The molecule has 2 fully saturated rings. The van der Waals surface area contributed by atoms with Crippen LogP contribution in [-0.4, -0.2) is 65.3 Å². The van der Waals surface area contributed by atoms with E-state index < -0.39 is 48.2 Å². The molecule has 210 valence electrons. The molecule has 2 aliphatic rings. The van der Waals surface area contributed by atoms with Crippen molar-refractivity contribution in [1.29, 1.82) is 0 Å². The molecule has 2 saturated heterocycles. The zero-order chi connectivity index (χ0) is 28.4. The third-order valence-corrected chi connectivity index (χ3v) is 7.92. The van der Waals surface area contributed by atoms with Gasteiger partial charge in [-0.2, -0.15) is 13.2 Å². The second-order valence-corrected chi connectivity index (χ2v) is 10.9. The highest BCUT2D eigenvalue weighted by Crippen LogP contribution is 2.42. The molecular weight excluding hydrogens is 568 g/mol. The number of likely N-dealkylation sites (tertiary alicyclic amines) is 1. The Morgan fingerprint density at radius 1 is 1.03 bits per heavy atom. The number of amides is 2. The first-order chi connectivity index (χ1) is 18.3. The van der Waals surface area contributed by atoms with Gasteiger partial charge >= 0.3 is 6.18 Å². The molecule has 2 amide bonds. The fourth-order valence-electron chi connectivity index (χ4n) is 4.22. The zero-order valence-corrected chi connectivity index (χ0v) is 22.0. The second kappa shape index (κ2) is 11.4. The van der Waals surface area contributed by atoms with Crippen LogP contribution in [0.25, 0.3) is 11.1 Å². The van der Waals surface area contributed by atoms with E-state index in [9.17, 15) is 31.5 Å². The van der Waals surface area contributed by atoms with Crippen LogP contribution in [0.2, 0.25) is 5.02 Å². The number of nitrogens with zero attached hydrogens (tertiary/aromatic N) is 2. The highest BCUT2D eigenvalue weighted by Gasteiger charge is 2.45. The van der Waals surface area contributed by atoms with Crippen molar-refractivity contribution >= 4 is 35.4 Å². The van der Waals surface area contributed by atoms with Gasteiger partial charge in [0.05, 0.1) is 18.7 Å². The molecule has 0 aromatic heterocycles. The van der Waals surface area contributed by atoms with Crippen molar-refractivity contribution in [3.63, 3.8) is 0 Å². The lowest BCUT2D eigenvalue weighted by atomic mass is 9.93. The first-order valence-corrected chi connectivity index (χ1v) is 13.1. The number of piperidine rings is 1. The first kappa shape index (κ1) is 29.3. The summed E-state index contributed by atoms with van der Waals surface area (Å²) in [5.74, 6) is -4.35. The van der Waals surface area contributed by atoms with E-state index in [2.05, 4.69) is 5.32 Å². The molecule has 0 bridgehead atoms. The minimum atomic E-state index is -4.54. The van der Waals surface area contributed by atoms with Crippen molar-refractivity contribution < 1.29 is 35.9 Å². The molecule has 2 aromatic carbocycles. The van der Waals surface area contributed by atoms with Gasteiger partial charge in [0, 0.05) is 54.0 Å². The van der Waals surface area contributed by atoms with E-state index in [1.807, 2.05) is 0 Å². The average Bonchev–Trinajstić information content (AvgIpc) is 2.86. The van der Waals surface area contributed by atoms with Crippen molar-refractivity contribution in [1.82, 2.24) is 14.5 Å². The number of alkyl halides is 6. The first-order valence-electron chi connectivity index (χ1n) is 12.0. The number of carbonyl (C=O) groups excluding carboxylic acids is 2. The fourth-order valence-corrected chi connectivity index (χ4v) is 5.49. The highest BCUT2D eigenvalue weighted by atomic mass is 35.5. The molecule has 5 nitrogen and oxygen atoms in total. The summed E-state index contributed by atoms with van der Waals surface area (Å²) in [6.07, 6.45) is -2.53. The minimum Gasteiger partial charge on any atom is -0.350 e. The Bertz CT molecular complexity index is 1260. The van der Waals surface area contributed by atoms with Crippen LogP contribution in [0.5, 0.6) is 0 Å². The SMILES string of the molecule is O=C(/C=C\CNC(=O)C1(F)CCN(Sc2ccc(C(F)(F)F)cc2-c2ccccc2Cl)CC1)N1CC(F)(F)C1. The van der Waals surface area contributed by atoms with Crippen LogP contribution in [-0.2, 0) is 15.8 Å². The Hall–Kier alpha value is -2.70. The predicted octanol–water partition coefficient (Wildman–Crippen LogP) is 5.99. The maximum atomic E-state index is 15.3. The van der Waals surface area contributed by atoms with E-state index in [0.29, 0.717) is 16.0 Å². The summed E-state index contributed by atoms with van der Waals surface area (Å²) >= 11 is 7.43. The molecule has 0 radical (unpaired) electrons. The number of hydrogen-bond acceptors (Lipinski definition) is 4. The number of nitrogens with one attached hydrogen (secondary N) is 1. The van der Waals surface area contributed by atoms with E-state index in [0.717, 1.165) is 35.1 Å². The largest absolute Gasteiger partial charge is 0.416 e. The normalized spacial score (nSPS) is 19.1. The fraction of sp³-hybridized carbons (Fsp3) is 0.385. The summed E-state index contributed by atoms with van der Waals surface area (Å²) in [7, 11) is 0. The number of halogens is 7. The molecule has 0 spiro atoms. The standard InChI is InChI=1S/C26H24ClF6N3O2S/c27-20-5-2-1-4-18(20)19-14-17(26(31,32)33)7-8-21(19)39-36-12-9-24(28,10-13-36)23(38)34-11-3-6-22(37)35-15-25(29,30)16-35/h1-8,14H,9-13,15-16H2,(H,34,38)/b6-3-. The van der Waals surface area contributed by atoms with Crippen LogP contribution in [0.3, 0.4) is 0 Å². The summed E-state index contributed by atoms with van der Waals surface area (Å²) < 4.78 is 83.0. The van der Waals surface area contributed by atoms with Gasteiger partial charge in [-0.05, 0) is 41.8 Å². The Morgan fingerprint density at radius 2 is 1.69 bits per heavy atom. The quantitative estimate of drug-likeness (QED) is 0.244. The van der Waals surface area contributed by atoms with Gasteiger partial charge in [0.25, 0.3) is 11.8 Å². The Labute approximate surface area is 230 Å². The van der Waals surface area contributed by atoms with Crippen molar-refractivity contribution in [2.75, 3.05) is 32.7 Å². The molecule has 2 heterocycles. The Morgan fingerprint density at radius 3 is 2.31 bits per heavy atom. The molecule has 0 atom stereocenters. The minimum absolute atomic E-state index is 0.147. The second-order valence-electron chi connectivity index (χ2n) is 9.34. The third-order valence-electron chi connectivity index (χ3n) is 6.42. The van der Waals surface area contributed by atoms with Crippen LogP contribution in [0.4, 0.5) is 26.3 Å². The van der Waals surface area contributed by atoms with Crippen molar-refractivity contribution in [2.24, 2.45) is 0 Å². The lowest BCUT2D eigenvalue weighted by Crippen LogP contribution is -2.58. The molecule has 13 heteroatoms. The number of benzene rings is 2. The molecule has 0 unspecified atom stereocenters. The lowest BCUT2D eigenvalue weighted by molar-refractivity contribution is -0.160. The molecule has 1 N–H and O–H groups in total. The van der Waals surface area contributed by atoms with Crippen LogP contribution in [0.1, 0.15) is 18.4 Å². The molecular formula is C26H24ClF6N3O2S. The monoisotopic (exact) mass is 591 g/mol. The summed E-state index contributed by atoms with van der Waals surface area (Å²) in [4.78, 5) is 25.7. The smallest absolute Gasteiger partial charge is 0.350 e. The molecule has 39 heavy (non-hydrogen) atoms. The van der Waals surface area contributed by atoms with Gasteiger partial charge in [-0.3, -0.25) is 9.59 Å². The number of rotatable bonds is 7. The maximum Gasteiger partial charge on any atom is 0.416 e. The van der Waals surface area contributed by atoms with E-state index >= 15 is 4.39 Å². The van der Waals surface area contributed by atoms with Crippen molar-refractivity contribution in [3.8, 4) is 11.1 Å². The van der Waals surface area contributed by atoms with Gasteiger partial charge in [-0.1, -0.05) is 35.9 Å². The van der Waals surface area contributed by atoms with E-state index in [-0.39, 0.29) is 37.5 Å². The maximum absolute atomic E-state index is 15.3. The molecule has 4 rings (SSSR count). The van der Waals surface area contributed by atoms with Crippen molar-refractivity contribution in [2.45, 2.75) is 35.5 Å². The summed E-state index contributed by atoms with van der Waals surface area (Å²) in [6, 6.07) is 9.90. The number of hydrogen-bond donors (Lipinski definition) is 1. The molecule has 2 aliphatic heterocycles. The van der Waals surface area contributed by atoms with E-state index in [1.165, 1.54) is 12.1 Å². The molecule has 0 saturated carbocycles. The zero-order valence-electron chi connectivity index (χ0n) is 20.4. The Kier molecular flexibility index (Phi) is 8.58. The topological polar surface area (TPSA) is 52.7 Å². The van der Waals surface area contributed by atoms with Gasteiger partial charge in [0.1, 0.15) is 0 Å². The van der Waals surface area contributed by atoms with Gasteiger partial charge in [0.15, 0.2) is 5.67 Å². The summed E-state index contributed by atoms with van der Waals surface area (Å²) in [5, 5.41) is 2.68. The highest BCUT2D eigenvalue weighted by molar-refractivity contribution is 7.97. The van der Waals surface area contributed by atoms with Gasteiger partial charge in [0.2, 0.25) is 5.91 Å². The van der Waals surface area contributed by atoms with Crippen LogP contribution >= 0.6 is 23.5 Å². The molecule has 0 aliphatic carbocycles. The molecule has 2 aromatic rings. The van der Waals surface area contributed by atoms with E-state index in [4.69, 9.17) is 11.6 Å². The van der Waals surface area contributed by atoms with E-state index in [1.54, 1.807) is 28.6 Å². The lowest BCUT2D eigenvalue weighted by Gasteiger charge is -2.37. The summed E-state index contributed by atoms with van der Waals surface area (Å²) in [5.41, 5.74) is -2.27. The van der Waals surface area contributed by atoms with Gasteiger partial charge in [-0.15, -0.1) is 0 Å². The van der Waals surface area contributed by atoms with Crippen LogP contribution in [0.15, 0.2) is 59.5 Å². The van der Waals surface area contributed by atoms with Gasteiger partial charge in [-0.25, -0.2) is 17.5 Å².